The summed E-state index contributed by atoms with van der Waals surface area (Å²) in [6.45, 7) is 2.88. The molecule has 1 aromatic heterocycles. The number of piperidine rings is 1. The van der Waals surface area contributed by atoms with E-state index in [0.29, 0.717) is 10.2 Å². The molecule has 21 heavy (non-hydrogen) atoms. The van der Waals surface area contributed by atoms with E-state index in [0.717, 1.165) is 38.2 Å². The normalized spacial score (nSPS) is 19.6. The summed E-state index contributed by atoms with van der Waals surface area (Å²) in [7, 11) is 0. The molecule has 112 valence electrons. The van der Waals surface area contributed by atoms with E-state index in [1.165, 1.54) is 4.88 Å². The van der Waals surface area contributed by atoms with Crippen LogP contribution in [-0.4, -0.2) is 29.1 Å². The number of thiazole rings is 1. The maximum Gasteiger partial charge on any atom is 0.180 e. The summed E-state index contributed by atoms with van der Waals surface area (Å²) < 4.78 is 6.05. The zero-order valence-electron chi connectivity index (χ0n) is 11.7. The number of halogens is 1. The smallest absolute Gasteiger partial charge is 0.180 e. The minimum absolute atomic E-state index is 0.184. The summed E-state index contributed by atoms with van der Waals surface area (Å²) in [5.74, 6) is 0.771. The third-order valence-electron chi connectivity index (χ3n) is 3.54. The molecule has 2 heterocycles. The highest BCUT2D eigenvalue weighted by molar-refractivity contribution is 7.15. The third-order valence-corrected chi connectivity index (χ3v) is 4.67. The molecule has 1 fully saturated rings. The number of hydrogen-bond acceptors (Lipinski definition) is 5. The zero-order valence-corrected chi connectivity index (χ0v) is 13.2. The molecule has 1 unspecified atom stereocenters. The Morgan fingerprint density at radius 1 is 1.43 bits per heavy atom. The van der Waals surface area contributed by atoms with Crippen molar-refractivity contribution in [3.8, 4) is 5.75 Å². The van der Waals surface area contributed by atoms with Crippen LogP contribution in [0, 0.1) is 0 Å². The van der Waals surface area contributed by atoms with Gasteiger partial charge in [0, 0.05) is 24.2 Å². The average Bonchev–Trinajstić information content (AvgIpc) is 2.87. The second-order valence-electron chi connectivity index (χ2n) is 5.21. The van der Waals surface area contributed by atoms with Crippen molar-refractivity contribution < 1.29 is 4.74 Å². The first-order valence-corrected chi connectivity index (χ1v) is 8.24. The predicted molar refractivity (Wildman–Crippen MR) is 86.9 cm³/mol. The first-order chi connectivity index (χ1) is 10.2. The second kappa shape index (κ2) is 6.64. The summed E-state index contributed by atoms with van der Waals surface area (Å²) in [4.78, 5) is 7.69. The van der Waals surface area contributed by atoms with E-state index in [2.05, 4.69) is 9.88 Å². The van der Waals surface area contributed by atoms with Gasteiger partial charge in [0.15, 0.2) is 5.13 Å². The van der Waals surface area contributed by atoms with Gasteiger partial charge in [0.05, 0.1) is 5.02 Å². The second-order valence-corrected chi connectivity index (χ2v) is 6.77. The summed E-state index contributed by atoms with van der Waals surface area (Å²) in [6, 6.07) is 7.64. The molecule has 0 aliphatic carbocycles. The van der Waals surface area contributed by atoms with Gasteiger partial charge in [-0.1, -0.05) is 23.7 Å². The molecule has 0 spiro atoms. The molecular formula is C15H18ClN3OS. The molecular weight excluding hydrogens is 306 g/mol. The summed E-state index contributed by atoms with van der Waals surface area (Å²) in [6.07, 6.45) is 4.23. The van der Waals surface area contributed by atoms with Crippen molar-refractivity contribution in [2.45, 2.75) is 25.5 Å². The van der Waals surface area contributed by atoms with Gasteiger partial charge in [-0.2, -0.15) is 0 Å². The van der Waals surface area contributed by atoms with Gasteiger partial charge in [-0.3, -0.25) is 4.90 Å². The molecule has 1 aliphatic rings. The van der Waals surface area contributed by atoms with Crippen LogP contribution in [0.1, 0.15) is 17.7 Å². The zero-order chi connectivity index (χ0) is 14.7. The first-order valence-electron chi connectivity index (χ1n) is 7.04. The number of nitrogens with zero attached hydrogens (tertiary/aromatic N) is 2. The fourth-order valence-electron chi connectivity index (χ4n) is 2.59. The van der Waals surface area contributed by atoms with Crippen LogP contribution in [-0.2, 0) is 6.54 Å². The van der Waals surface area contributed by atoms with E-state index >= 15 is 0 Å². The topological polar surface area (TPSA) is 51.4 Å². The van der Waals surface area contributed by atoms with E-state index in [1.54, 1.807) is 11.3 Å². The number of nitrogens with two attached hydrogens (primary N) is 1. The highest BCUT2D eigenvalue weighted by Gasteiger charge is 2.22. The molecule has 0 saturated carbocycles. The van der Waals surface area contributed by atoms with Crippen LogP contribution in [0.4, 0.5) is 5.13 Å². The highest BCUT2D eigenvalue weighted by Crippen LogP contribution is 2.27. The number of likely N-dealkylation sites (tertiary alicyclic amines) is 1. The Kier molecular flexibility index (Phi) is 4.63. The van der Waals surface area contributed by atoms with Gasteiger partial charge in [-0.25, -0.2) is 4.98 Å². The molecule has 0 amide bonds. The van der Waals surface area contributed by atoms with Gasteiger partial charge < -0.3 is 10.5 Å². The maximum atomic E-state index is 6.15. The number of hydrogen-bond donors (Lipinski definition) is 1. The number of nitrogen functional groups attached to an aromatic ring is 1. The van der Waals surface area contributed by atoms with Crippen molar-refractivity contribution in [3.05, 3.63) is 40.4 Å². The largest absolute Gasteiger partial charge is 0.488 e. The number of anilines is 1. The van der Waals surface area contributed by atoms with E-state index in [-0.39, 0.29) is 6.10 Å². The van der Waals surface area contributed by atoms with Gasteiger partial charge in [0.25, 0.3) is 0 Å². The fraction of sp³-hybridized carbons (Fsp3) is 0.400. The van der Waals surface area contributed by atoms with Crippen molar-refractivity contribution in [1.29, 1.82) is 0 Å². The summed E-state index contributed by atoms with van der Waals surface area (Å²) in [5, 5.41) is 1.30. The molecule has 1 saturated heterocycles. The van der Waals surface area contributed by atoms with Crippen molar-refractivity contribution in [2.75, 3.05) is 18.8 Å². The number of rotatable bonds is 4. The van der Waals surface area contributed by atoms with Crippen molar-refractivity contribution in [2.24, 2.45) is 0 Å². The Morgan fingerprint density at radius 3 is 3.05 bits per heavy atom. The SMILES string of the molecule is Nc1ncc(CN2CCCC(Oc3ccccc3Cl)C2)s1. The standard InChI is InChI=1S/C15H18ClN3OS/c16-13-5-1-2-6-14(13)20-11-4-3-7-19(9-11)10-12-8-18-15(17)21-12/h1-2,5-6,8,11H,3-4,7,9-10H2,(H2,17,18). The van der Waals surface area contributed by atoms with Crippen LogP contribution in [0.2, 0.25) is 5.02 Å². The van der Waals surface area contributed by atoms with Crippen LogP contribution >= 0.6 is 22.9 Å². The molecule has 3 rings (SSSR count). The number of para-hydroxylation sites is 1. The van der Waals surface area contributed by atoms with E-state index in [4.69, 9.17) is 22.1 Å². The Morgan fingerprint density at radius 2 is 2.29 bits per heavy atom. The van der Waals surface area contributed by atoms with Crippen molar-refractivity contribution >= 4 is 28.1 Å². The average molecular weight is 324 g/mol. The van der Waals surface area contributed by atoms with E-state index < -0.39 is 0 Å². The van der Waals surface area contributed by atoms with Crippen LogP contribution in [0.3, 0.4) is 0 Å². The fourth-order valence-corrected chi connectivity index (χ4v) is 3.50. The lowest BCUT2D eigenvalue weighted by molar-refractivity contribution is 0.0849. The monoisotopic (exact) mass is 323 g/mol. The van der Waals surface area contributed by atoms with Gasteiger partial charge in [-0.05, 0) is 31.5 Å². The van der Waals surface area contributed by atoms with Gasteiger partial charge in [0.2, 0.25) is 0 Å². The number of ether oxygens (including phenoxy) is 1. The van der Waals surface area contributed by atoms with Crippen LogP contribution in [0.25, 0.3) is 0 Å². The number of aromatic nitrogens is 1. The van der Waals surface area contributed by atoms with Gasteiger partial charge in [0.1, 0.15) is 11.9 Å². The van der Waals surface area contributed by atoms with Crippen LogP contribution in [0.5, 0.6) is 5.75 Å². The lowest BCUT2D eigenvalue weighted by Gasteiger charge is -2.32. The molecule has 0 radical (unpaired) electrons. The van der Waals surface area contributed by atoms with Crippen molar-refractivity contribution in [1.82, 2.24) is 9.88 Å². The first kappa shape index (κ1) is 14.6. The molecule has 1 aliphatic heterocycles. The molecule has 6 heteroatoms. The van der Waals surface area contributed by atoms with Crippen LogP contribution < -0.4 is 10.5 Å². The molecule has 2 N–H and O–H groups in total. The molecule has 0 bridgehead atoms. The van der Waals surface area contributed by atoms with Crippen molar-refractivity contribution in [3.63, 3.8) is 0 Å². The van der Waals surface area contributed by atoms with Gasteiger partial charge in [-0.15, -0.1) is 11.3 Å². The summed E-state index contributed by atoms with van der Waals surface area (Å²) in [5.41, 5.74) is 5.68. The lowest BCUT2D eigenvalue weighted by Crippen LogP contribution is -2.40. The minimum atomic E-state index is 0.184. The minimum Gasteiger partial charge on any atom is -0.488 e. The predicted octanol–water partition coefficient (Wildman–Crippen LogP) is 3.42. The Hall–Kier alpha value is -1.30. The molecule has 2 aromatic rings. The lowest BCUT2D eigenvalue weighted by atomic mass is 10.1. The Labute approximate surface area is 133 Å². The number of benzene rings is 1. The Bertz CT molecular complexity index is 604. The molecule has 4 nitrogen and oxygen atoms in total. The maximum absolute atomic E-state index is 6.15. The van der Waals surface area contributed by atoms with E-state index in [1.807, 2.05) is 30.5 Å². The highest BCUT2D eigenvalue weighted by atomic mass is 35.5. The van der Waals surface area contributed by atoms with Crippen LogP contribution in [0.15, 0.2) is 30.5 Å². The molecule has 1 atom stereocenters. The quantitative estimate of drug-likeness (QED) is 0.936. The third kappa shape index (κ3) is 3.87. The Balaban J connectivity index is 1.59. The molecule has 1 aromatic carbocycles. The van der Waals surface area contributed by atoms with Gasteiger partial charge >= 0.3 is 0 Å². The van der Waals surface area contributed by atoms with E-state index in [9.17, 15) is 0 Å². The summed E-state index contributed by atoms with van der Waals surface area (Å²) >= 11 is 7.71.